The minimum atomic E-state index is -1.03. The predicted octanol–water partition coefficient (Wildman–Crippen LogP) is 0.0309. The molecule has 0 radical (unpaired) electrons. The first-order valence-electron chi connectivity index (χ1n) is 6.52. The molecule has 3 unspecified atom stereocenters. The van der Waals surface area contributed by atoms with Crippen LogP contribution in [0.3, 0.4) is 0 Å². The Kier molecular flexibility index (Phi) is 6.04. The van der Waals surface area contributed by atoms with Gasteiger partial charge in [0.25, 0.3) is 0 Å². The highest BCUT2D eigenvalue weighted by Crippen LogP contribution is 2.12. The van der Waals surface area contributed by atoms with Crippen molar-refractivity contribution >= 4 is 12.0 Å². The number of carbonyl (C=O) groups excluding carboxylic acids is 1. The number of hydrogen-bond donors (Lipinski definition) is 3. The van der Waals surface area contributed by atoms with Gasteiger partial charge in [0.05, 0.1) is 31.9 Å². The smallest absolute Gasteiger partial charge is 0.326 e. The van der Waals surface area contributed by atoms with Crippen molar-refractivity contribution < 1.29 is 24.5 Å². The van der Waals surface area contributed by atoms with Crippen molar-refractivity contribution in [2.75, 3.05) is 19.8 Å². The minimum Gasteiger partial charge on any atom is -0.480 e. The van der Waals surface area contributed by atoms with Gasteiger partial charge in [-0.05, 0) is 13.3 Å². The summed E-state index contributed by atoms with van der Waals surface area (Å²) in [5, 5.41) is 20.6. The third-order valence-electron chi connectivity index (χ3n) is 3.14. The molecule has 3 atom stereocenters. The molecule has 1 aliphatic rings. The van der Waals surface area contributed by atoms with Gasteiger partial charge in [-0.15, -0.1) is 0 Å². The molecule has 0 saturated carbocycles. The Morgan fingerprint density at radius 1 is 1.53 bits per heavy atom. The lowest BCUT2D eigenvalue weighted by molar-refractivity contribution is -0.139. The van der Waals surface area contributed by atoms with Crippen LogP contribution in [0.15, 0.2) is 0 Å². The van der Waals surface area contributed by atoms with E-state index in [1.54, 1.807) is 0 Å². The Balaban J connectivity index is 2.61. The predicted molar refractivity (Wildman–Crippen MR) is 67.9 cm³/mol. The van der Waals surface area contributed by atoms with Crippen LogP contribution >= 0.6 is 0 Å². The fourth-order valence-electron chi connectivity index (χ4n) is 1.99. The Labute approximate surface area is 112 Å². The van der Waals surface area contributed by atoms with E-state index < -0.39 is 24.1 Å². The van der Waals surface area contributed by atoms with Crippen molar-refractivity contribution in [3.63, 3.8) is 0 Å². The molecule has 1 aliphatic heterocycles. The number of carbonyl (C=O) groups is 2. The Morgan fingerprint density at radius 3 is 2.74 bits per heavy atom. The Hall–Kier alpha value is -1.34. The maximum absolute atomic E-state index is 12.1. The highest BCUT2D eigenvalue weighted by molar-refractivity contribution is 5.82. The quantitative estimate of drug-likeness (QED) is 0.657. The number of carboxylic acid groups (broad SMARTS) is 1. The van der Waals surface area contributed by atoms with Crippen LogP contribution in [0, 0.1) is 0 Å². The van der Waals surface area contributed by atoms with Gasteiger partial charge >= 0.3 is 12.0 Å². The number of nitrogens with zero attached hydrogens (tertiary/aromatic N) is 1. The van der Waals surface area contributed by atoms with Gasteiger partial charge < -0.3 is 25.2 Å². The second kappa shape index (κ2) is 7.30. The van der Waals surface area contributed by atoms with E-state index in [0.29, 0.717) is 19.4 Å². The summed E-state index contributed by atoms with van der Waals surface area (Å²) in [6.07, 6.45) is 0.662. The average Bonchev–Trinajstić information content (AvgIpc) is 2.38. The van der Waals surface area contributed by atoms with Crippen LogP contribution in [-0.4, -0.2) is 65.1 Å². The van der Waals surface area contributed by atoms with Gasteiger partial charge in [-0.3, -0.25) is 0 Å². The van der Waals surface area contributed by atoms with Crippen molar-refractivity contribution in [1.29, 1.82) is 0 Å². The van der Waals surface area contributed by atoms with Gasteiger partial charge in [0.15, 0.2) is 0 Å². The molecule has 0 aromatic carbocycles. The third kappa shape index (κ3) is 4.36. The van der Waals surface area contributed by atoms with Crippen LogP contribution < -0.4 is 5.32 Å². The van der Waals surface area contributed by atoms with E-state index in [-0.39, 0.29) is 19.2 Å². The first kappa shape index (κ1) is 15.7. The second-order valence-corrected chi connectivity index (χ2v) is 4.77. The van der Waals surface area contributed by atoms with Crippen LogP contribution in [0.1, 0.15) is 26.7 Å². The number of morpholine rings is 1. The summed E-state index contributed by atoms with van der Waals surface area (Å²) in [5.74, 6) is -1.03. The molecule has 1 heterocycles. The van der Waals surface area contributed by atoms with Crippen molar-refractivity contribution in [3.8, 4) is 0 Å². The SMILES string of the molecule is CCCC(NC(=O)N1CC(CO)OCC1C)C(=O)O. The largest absolute Gasteiger partial charge is 0.480 e. The fraction of sp³-hybridized carbons (Fsp3) is 0.833. The number of nitrogens with one attached hydrogen (secondary N) is 1. The van der Waals surface area contributed by atoms with Gasteiger partial charge in [-0.1, -0.05) is 13.3 Å². The molecule has 0 aromatic rings. The molecule has 0 spiro atoms. The molecule has 0 aromatic heterocycles. The maximum atomic E-state index is 12.1. The molecule has 0 bridgehead atoms. The van der Waals surface area contributed by atoms with Gasteiger partial charge in [0, 0.05) is 0 Å². The Bertz CT molecular complexity index is 323. The summed E-state index contributed by atoms with van der Waals surface area (Å²) in [5.41, 5.74) is 0. The van der Waals surface area contributed by atoms with E-state index in [1.807, 2.05) is 13.8 Å². The molecular weight excluding hydrogens is 252 g/mol. The lowest BCUT2D eigenvalue weighted by Crippen LogP contribution is -2.57. The van der Waals surface area contributed by atoms with E-state index >= 15 is 0 Å². The number of aliphatic hydroxyl groups excluding tert-OH is 1. The molecule has 7 nitrogen and oxygen atoms in total. The standard InChI is InChI=1S/C12H22N2O5/c1-3-4-10(11(16)17)13-12(18)14-5-9(6-15)19-7-8(14)2/h8-10,15H,3-7H2,1-2H3,(H,13,18)(H,16,17). The van der Waals surface area contributed by atoms with E-state index in [0.717, 1.165) is 0 Å². The van der Waals surface area contributed by atoms with Crippen LogP contribution in [0.5, 0.6) is 0 Å². The molecule has 1 rings (SSSR count). The minimum absolute atomic E-state index is 0.140. The molecule has 19 heavy (non-hydrogen) atoms. The fourth-order valence-corrected chi connectivity index (χ4v) is 1.99. The average molecular weight is 274 g/mol. The van der Waals surface area contributed by atoms with E-state index in [2.05, 4.69) is 5.32 Å². The van der Waals surface area contributed by atoms with Crippen molar-refractivity contribution in [3.05, 3.63) is 0 Å². The molecule has 7 heteroatoms. The van der Waals surface area contributed by atoms with Gasteiger partial charge in [-0.2, -0.15) is 0 Å². The number of amides is 2. The number of aliphatic carboxylic acids is 1. The summed E-state index contributed by atoms with van der Waals surface area (Å²) in [7, 11) is 0. The number of rotatable bonds is 5. The molecule has 0 aliphatic carbocycles. The van der Waals surface area contributed by atoms with E-state index in [9.17, 15) is 9.59 Å². The number of urea groups is 1. The summed E-state index contributed by atoms with van der Waals surface area (Å²) in [6, 6.07) is -1.44. The van der Waals surface area contributed by atoms with Gasteiger partial charge in [-0.25, -0.2) is 9.59 Å². The first-order chi connectivity index (χ1) is 8.99. The number of ether oxygens (including phenoxy) is 1. The van der Waals surface area contributed by atoms with Crippen LogP contribution in [0.4, 0.5) is 4.79 Å². The maximum Gasteiger partial charge on any atom is 0.326 e. The monoisotopic (exact) mass is 274 g/mol. The highest BCUT2D eigenvalue weighted by atomic mass is 16.5. The van der Waals surface area contributed by atoms with Crippen LogP contribution in [0.25, 0.3) is 0 Å². The molecule has 1 fully saturated rings. The zero-order valence-electron chi connectivity index (χ0n) is 11.3. The summed E-state index contributed by atoms with van der Waals surface area (Å²) >= 11 is 0. The summed E-state index contributed by atoms with van der Waals surface area (Å²) in [4.78, 5) is 24.6. The van der Waals surface area contributed by atoms with Crippen molar-refractivity contribution in [2.24, 2.45) is 0 Å². The lowest BCUT2D eigenvalue weighted by Gasteiger charge is -2.37. The molecular formula is C12H22N2O5. The summed E-state index contributed by atoms with van der Waals surface area (Å²) < 4.78 is 5.33. The topological polar surface area (TPSA) is 99.1 Å². The molecule has 3 N–H and O–H groups in total. The van der Waals surface area contributed by atoms with Crippen LogP contribution in [0.2, 0.25) is 0 Å². The number of hydrogen-bond acceptors (Lipinski definition) is 4. The number of aliphatic hydroxyl groups is 1. The lowest BCUT2D eigenvalue weighted by atomic mass is 10.1. The van der Waals surface area contributed by atoms with E-state index in [4.69, 9.17) is 14.9 Å². The molecule has 110 valence electrons. The van der Waals surface area contributed by atoms with Gasteiger partial charge in [0.1, 0.15) is 6.04 Å². The van der Waals surface area contributed by atoms with Gasteiger partial charge in [0.2, 0.25) is 0 Å². The molecule has 2 amide bonds. The highest BCUT2D eigenvalue weighted by Gasteiger charge is 2.31. The first-order valence-corrected chi connectivity index (χ1v) is 6.52. The number of carboxylic acids is 1. The van der Waals surface area contributed by atoms with Crippen LogP contribution in [-0.2, 0) is 9.53 Å². The zero-order chi connectivity index (χ0) is 14.4. The Morgan fingerprint density at radius 2 is 2.21 bits per heavy atom. The second-order valence-electron chi connectivity index (χ2n) is 4.77. The van der Waals surface area contributed by atoms with E-state index in [1.165, 1.54) is 4.90 Å². The third-order valence-corrected chi connectivity index (χ3v) is 3.14. The zero-order valence-corrected chi connectivity index (χ0v) is 11.3. The molecule has 1 saturated heterocycles. The van der Waals surface area contributed by atoms with Crippen molar-refractivity contribution in [1.82, 2.24) is 10.2 Å². The normalized spacial score (nSPS) is 24.9. The van der Waals surface area contributed by atoms with Crippen molar-refractivity contribution in [2.45, 2.75) is 44.9 Å². The summed E-state index contributed by atoms with van der Waals surface area (Å²) in [6.45, 7) is 4.13.